The Morgan fingerprint density at radius 2 is 2.08 bits per heavy atom. The summed E-state index contributed by atoms with van der Waals surface area (Å²) in [4.78, 5) is 0. The van der Waals surface area contributed by atoms with Crippen LogP contribution in [0, 0.1) is 12.7 Å². The highest BCUT2D eigenvalue weighted by Crippen LogP contribution is 2.26. The van der Waals surface area contributed by atoms with E-state index in [1.807, 2.05) is 13.0 Å². The topological polar surface area (TPSA) is 112 Å². The summed E-state index contributed by atoms with van der Waals surface area (Å²) in [6.07, 6.45) is 0. The van der Waals surface area contributed by atoms with Crippen LogP contribution < -0.4 is 14.6 Å². The predicted octanol–water partition coefficient (Wildman–Crippen LogP) is 1.17. The molecule has 0 spiro atoms. The lowest BCUT2D eigenvalue weighted by Crippen LogP contribution is -2.30. The molecule has 0 aliphatic carbocycles. The lowest BCUT2D eigenvalue weighted by molar-refractivity contribution is 0.412. The van der Waals surface area contributed by atoms with Crippen molar-refractivity contribution in [2.45, 2.75) is 13.5 Å². The number of methoxy groups -OCH3 is 1. The summed E-state index contributed by atoms with van der Waals surface area (Å²) in [5.41, 5.74) is 2.70. The number of hydrogen-bond donors (Lipinski definition) is 2. The first-order valence-electron chi connectivity index (χ1n) is 7.25. The van der Waals surface area contributed by atoms with Gasteiger partial charge in [-0.25, -0.2) is 14.2 Å². The monoisotopic (exact) mass is 365 g/mol. The summed E-state index contributed by atoms with van der Waals surface area (Å²) in [6.45, 7) is 1.76. The number of hydrogen-bond acceptors (Lipinski definition) is 5. The Hall–Kier alpha value is -2.56. The summed E-state index contributed by atoms with van der Waals surface area (Å²) in [5, 5.41) is 12.9. The number of benzene rings is 2. The summed E-state index contributed by atoms with van der Waals surface area (Å²) < 4.78 is 45.0. The van der Waals surface area contributed by atoms with E-state index in [4.69, 9.17) is 9.88 Å². The van der Waals surface area contributed by atoms with Crippen molar-refractivity contribution in [3.05, 3.63) is 47.3 Å². The molecule has 3 aromatic rings. The van der Waals surface area contributed by atoms with E-state index in [0.717, 1.165) is 5.56 Å². The van der Waals surface area contributed by atoms with E-state index in [2.05, 4.69) is 15.0 Å². The molecule has 0 amide bonds. The fourth-order valence-electron chi connectivity index (χ4n) is 2.47. The van der Waals surface area contributed by atoms with Gasteiger partial charge in [0.05, 0.1) is 12.6 Å². The molecule has 132 valence electrons. The van der Waals surface area contributed by atoms with Crippen molar-refractivity contribution in [3.63, 3.8) is 0 Å². The third-order valence-corrected chi connectivity index (χ3v) is 4.23. The second kappa shape index (κ2) is 6.39. The van der Waals surface area contributed by atoms with Crippen LogP contribution in [0.3, 0.4) is 0 Å². The molecule has 0 radical (unpaired) electrons. The maximum absolute atomic E-state index is 14.5. The Morgan fingerprint density at radius 1 is 1.32 bits per heavy atom. The number of nitrogens with zero attached hydrogens (tertiary/aromatic N) is 3. The smallest absolute Gasteiger partial charge is 0.274 e. The standard InChI is InChI=1S/C15H16FN5O3S/c1-9-5-14-12(7-15(9)24-2)19-20-21(14)13-4-3-10(6-11(13)16)8-18-25(17,22)23/h3-7,18H,8H2,1-2H3,(H2,17,22,23). The summed E-state index contributed by atoms with van der Waals surface area (Å²) >= 11 is 0. The predicted molar refractivity (Wildman–Crippen MR) is 90.1 cm³/mol. The third kappa shape index (κ3) is 3.60. The van der Waals surface area contributed by atoms with Crippen LogP contribution in [0.5, 0.6) is 5.75 Å². The van der Waals surface area contributed by atoms with Gasteiger partial charge in [-0.3, -0.25) is 0 Å². The molecule has 0 atom stereocenters. The molecule has 1 aromatic heterocycles. The molecule has 0 aliphatic rings. The molecule has 1 heterocycles. The number of fused-ring (bicyclic) bond motifs is 1. The van der Waals surface area contributed by atoms with Crippen molar-refractivity contribution >= 4 is 21.2 Å². The lowest BCUT2D eigenvalue weighted by atomic mass is 10.1. The Balaban J connectivity index is 1.99. The zero-order valence-electron chi connectivity index (χ0n) is 13.5. The van der Waals surface area contributed by atoms with Crippen LogP contribution in [0.25, 0.3) is 16.7 Å². The van der Waals surface area contributed by atoms with Gasteiger partial charge in [0.25, 0.3) is 10.2 Å². The van der Waals surface area contributed by atoms with E-state index in [1.165, 1.54) is 16.8 Å². The first-order chi connectivity index (χ1) is 11.8. The minimum absolute atomic E-state index is 0.107. The number of nitrogens with one attached hydrogen (secondary N) is 1. The number of ether oxygens (including phenoxy) is 1. The molecule has 10 heteroatoms. The van der Waals surface area contributed by atoms with Crippen LogP contribution >= 0.6 is 0 Å². The van der Waals surface area contributed by atoms with E-state index < -0.39 is 16.0 Å². The van der Waals surface area contributed by atoms with Crippen LogP contribution in [-0.4, -0.2) is 30.5 Å². The second-order valence-electron chi connectivity index (χ2n) is 5.46. The minimum Gasteiger partial charge on any atom is -0.496 e. The van der Waals surface area contributed by atoms with Gasteiger partial charge in [-0.15, -0.1) is 5.10 Å². The van der Waals surface area contributed by atoms with Crippen LogP contribution in [0.2, 0.25) is 0 Å². The van der Waals surface area contributed by atoms with E-state index >= 15 is 0 Å². The molecule has 0 saturated heterocycles. The summed E-state index contributed by atoms with van der Waals surface area (Å²) in [6, 6.07) is 7.85. The van der Waals surface area contributed by atoms with Crippen molar-refractivity contribution < 1.29 is 17.5 Å². The number of nitrogens with two attached hydrogens (primary N) is 1. The molecule has 3 rings (SSSR count). The van der Waals surface area contributed by atoms with Crippen molar-refractivity contribution in [3.8, 4) is 11.4 Å². The molecule has 0 saturated carbocycles. The molecular formula is C15H16FN5O3S. The van der Waals surface area contributed by atoms with Crippen LogP contribution in [0.4, 0.5) is 4.39 Å². The highest BCUT2D eigenvalue weighted by atomic mass is 32.2. The quantitative estimate of drug-likeness (QED) is 0.705. The third-order valence-electron chi connectivity index (χ3n) is 3.68. The normalized spacial score (nSPS) is 11.8. The maximum atomic E-state index is 14.5. The van der Waals surface area contributed by atoms with Gasteiger partial charge < -0.3 is 4.74 Å². The van der Waals surface area contributed by atoms with Crippen LogP contribution in [0.15, 0.2) is 30.3 Å². The van der Waals surface area contributed by atoms with E-state index in [1.54, 1.807) is 19.2 Å². The number of halogens is 1. The summed E-state index contributed by atoms with van der Waals surface area (Å²) in [5.74, 6) is 0.110. The number of aromatic nitrogens is 3. The summed E-state index contributed by atoms with van der Waals surface area (Å²) in [7, 11) is -2.28. The molecule has 0 bridgehead atoms. The highest BCUT2D eigenvalue weighted by Gasteiger charge is 2.14. The van der Waals surface area contributed by atoms with Gasteiger partial charge >= 0.3 is 0 Å². The van der Waals surface area contributed by atoms with Gasteiger partial charge in [-0.2, -0.15) is 13.1 Å². The molecule has 3 N–H and O–H groups in total. The van der Waals surface area contributed by atoms with Gasteiger partial charge in [0.2, 0.25) is 0 Å². The zero-order chi connectivity index (χ0) is 18.2. The number of aryl methyl sites for hydroxylation is 1. The zero-order valence-corrected chi connectivity index (χ0v) is 14.3. The highest BCUT2D eigenvalue weighted by molar-refractivity contribution is 7.87. The second-order valence-corrected chi connectivity index (χ2v) is 6.84. The Bertz CT molecular complexity index is 1050. The SMILES string of the molecule is COc1cc2nnn(-c3ccc(CNS(N)(=O)=O)cc3F)c2cc1C. The fraction of sp³-hybridized carbons (Fsp3) is 0.200. The van der Waals surface area contributed by atoms with Crippen molar-refractivity contribution in [2.24, 2.45) is 5.14 Å². The van der Waals surface area contributed by atoms with Crippen molar-refractivity contribution in [1.82, 2.24) is 19.7 Å². The molecule has 2 aromatic carbocycles. The van der Waals surface area contributed by atoms with Crippen LogP contribution in [0.1, 0.15) is 11.1 Å². The van der Waals surface area contributed by atoms with Crippen molar-refractivity contribution in [2.75, 3.05) is 7.11 Å². The minimum atomic E-state index is -3.84. The molecule has 0 fully saturated rings. The van der Waals surface area contributed by atoms with Gasteiger partial charge in [0.1, 0.15) is 22.8 Å². The molecule has 0 aliphatic heterocycles. The Morgan fingerprint density at radius 3 is 2.72 bits per heavy atom. The Kier molecular flexibility index (Phi) is 4.41. The molecule has 0 unspecified atom stereocenters. The van der Waals surface area contributed by atoms with E-state index in [-0.39, 0.29) is 12.2 Å². The number of rotatable bonds is 5. The fourth-order valence-corrected chi connectivity index (χ4v) is 2.83. The average molecular weight is 365 g/mol. The van der Waals surface area contributed by atoms with Crippen LogP contribution in [-0.2, 0) is 16.8 Å². The first-order valence-corrected chi connectivity index (χ1v) is 8.79. The average Bonchev–Trinajstić information content (AvgIpc) is 2.94. The van der Waals surface area contributed by atoms with Gasteiger partial charge in [-0.05, 0) is 36.2 Å². The van der Waals surface area contributed by atoms with Crippen molar-refractivity contribution in [1.29, 1.82) is 0 Å². The molecular weight excluding hydrogens is 349 g/mol. The first kappa shape index (κ1) is 17.3. The van der Waals surface area contributed by atoms with E-state index in [0.29, 0.717) is 22.3 Å². The molecule has 8 nitrogen and oxygen atoms in total. The maximum Gasteiger partial charge on any atom is 0.274 e. The van der Waals surface area contributed by atoms with E-state index in [9.17, 15) is 12.8 Å². The van der Waals surface area contributed by atoms with Gasteiger partial charge in [0.15, 0.2) is 0 Å². The largest absolute Gasteiger partial charge is 0.496 e. The molecule has 25 heavy (non-hydrogen) atoms. The van der Waals surface area contributed by atoms with Gasteiger partial charge in [-0.1, -0.05) is 11.3 Å². The Labute approximate surface area is 143 Å². The lowest BCUT2D eigenvalue weighted by Gasteiger charge is -2.08. The van der Waals surface area contributed by atoms with Gasteiger partial charge in [0, 0.05) is 12.6 Å².